The van der Waals surface area contributed by atoms with Crippen LogP contribution in [0.15, 0.2) is 54.6 Å². The second-order valence-electron chi connectivity index (χ2n) is 4.73. The van der Waals surface area contributed by atoms with E-state index in [4.69, 9.17) is 4.74 Å². The Labute approximate surface area is 110 Å². The van der Waals surface area contributed by atoms with Crippen LogP contribution in [0.3, 0.4) is 0 Å². The SMILES string of the molecule is OC1C=Cc2c(ccc3c2ccc2ccccc23)O1. The van der Waals surface area contributed by atoms with E-state index in [0.29, 0.717) is 0 Å². The quantitative estimate of drug-likeness (QED) is 0.614. The molecule has 3 aromatic rings. The first-order valence-electron chi connectivity index (χ1n) is 6.30. The summed E-state index contributed by atoms with van der Waals surface area (Å²) in [6.07, 6.45) is 2.75. The van der Waals surface area contributed by atoms with Gasteiger partial charge in [-0.3, -0.25) is 0 Å². The van der Waals surface area contributed by atoms with Gasteiger partial charge in [0, 0.05) is 5.56 Å². The van der Waals surface area contributed by atoms with Gasteiger partial charge in [0.1, 0.15) is 5.75 Å². The average Bonchev–Trinajstić information content (AvgIpc) is 2.46. The summed E-state index contributed by atoms with van der Waals surface area (Å²) in [7, 11) is 0. The van der Waals surface area contributed by atoms with Gasteiger partial charge >= 0.3 is 0 Å². The van der Waals surface area contributed by atoms with Crippen molar-refractivity contribution in [2.45, 2.75) is 6.29 Å². The fourth-order valence-electron chi connectivity index (χ4n) is 2.71. The maximum Gasteiger partial charge on any atom is 0.217 e. The number of benzene rings is 3. The summed E-state index contributed by atoms with van der Waals surface area (Å²) in [4.78, 5) is 0. The molecule has 0 saturated heterocycles. The predicted octanol–water partition coefficient (Wildman–Crippen LogP) is 3.72. The van der Waals surface area contributed by atoms with Crippen LogP contribution in [-0.4, -0.2) is 11.4 Å². The number of rotatable bonds is 0. The highest BCUT2D eigenvalue weighted by Crippen LogP contribution is 2.35. The summed E-state index contributed by atoms with van der Waals surface area (Å²) in [5.74, 6) is 0.734. The van der Waals surface area contributed by atoms with Crippen LogP contribution in [0.2, 0.25) is 0 Å². The molecule has 0 amide bonds. The smallest absolute Gasteiger partial charge is 0.217 e. The number of fused-ring (bicyclic) bond motifs is 5. The first-order valence-corrected chi connectivity index (χ1v) is 6.30. The molecular formula is C17H12O2. The lowest BCUT2D eigenvalue weighted by atomic mass is 9.97. The molecule has 0 radical (unpaired) electrons. The van der Waals surface area contributed by atoms with Crippen molar-refractivity contribution in [1.82, 2.24) is 0 Å². The zero-order valence-electron chi connectivity index (χ0n) is 10.2. The highest BCUT2D eigenvalue weighted by Gasteiger charge is 2.15. The lowest BCUT2D eigenvalue weighted by molar-refractivity contribution is 0.0232. The van der Waals surface area contributed by atoms with E-state index >= 15 is 0 Å². The molecule has 4 rings (SSSR count). The minimum atomic E-state index is -0.842. The second-order valence-corrected chi connectivity index (χ2v) is 4.73. The Morgan fingerprint density at radius 1 is 0.842 bits per heavy atom. The van der Waals surface area contributed by atoms with Gasteiger partial charge in [0.25, 0.3) is 0 Å². The molecule has 19 heavy (non-hydrogen) atoms. The van der Waals surface area contributed by atoms with Gasteiger partial charge in [-0.25, -0.2) is 0 Å². The Bertz CT molecular complexity index is 818. The van der Waals surface area contributed by atoms with E-state index in [0.717, 1.165) is 16.7 Å². The van der Waals surface area contributed by atoms with Crippen molar-refractivity contribution in [3.05, 3.63) is 60.2 Å². The van der Waals surface area contributed by atoms with E-state index in [2.05, 4.69) is 36.4 Å². The van der Waals surface area contributed by atoms with Crippen molar-refractivity contribution in [3.8, 4) is 5.75 Å². The first kappa shape index (κ1) is 10.6. The van der Waals surface area contributed by atoms with Crippen LogP contribution in [0.5, 0.6) is 5.75 Å². The molecule has 0 spiro atoms. The molecule has 1 aliphatic rings. The van der Waals surface area contributed by atoms with Crippen molar-refractivity contribution in [3.63, 3.8) is 0 Å². The minimum Gasteiger partial charge on any atom is -0.461 e. The molecule has 1 N–H and O–H groups in total. The fraction of sp³-hybridized carbons (Fsp3) is 0.0588. The van der Waals surface area contributed by atoms with Gasteiger partial charge in [-0.05, 0) is 39.8 Å². The monoisotopic (exact) mass is 248 g/mol. The second kappa shape index (κ2) is 3.84. The molecule has 1 unspecified atom stereocenters. The van der Waals surface area contributed by atoms with Crippen LogP contribution in [0.25, 0.3) is 27.6 Å². The molecule has 1 aliphatic heterocycles. The van der Waals surface area contributed by atoms with E-state index in [9.17, 15) is 5.11 Å². The highest BCUT2D eigenvalue weighted by molar-refractivity contribution is 6.10. The molecule has 2 nitrogen and oxygen atoms in total. The summed E-state index contributed by atoms with van der Waals surface area (Å²) in [6.45, 7) is 0. The minimum absolute atomic E-state index is 0.734. The van der Waals surface area contributed by atoms with Crippen LogP contribution in [0.1, 0.15) is 5.56 Å². The topological polar surface area (TPSA) is 29.5 Å². The number of ether oxygens (including phenoxy) is 1. The third kappa shape index (κ3) is 1.54. The Balaban J connectivity index is 2.13. The van der Waals surface area contributed by atoms with Crippen LogP contribution in [0, 0.1) is 0 Å². The van der Waals surface area contributed by atoms with Crippen LogP contribution in [-0.2, 0) is 0 Å². The Hall–Kier alpha value is -2.32. The molecule has 0 fully saturated rings. The first-order chi connectivity index (χ1) is 9.33. The van der Waals surface area contributed by atoms with Crippen molar-refractivity contribution >= 4 is 27.6 Å². The van der Waals surface area contributed by atoms with Crippen molar-refractivity contribution < 1.29 is 9.84 Å². The Morgan fingerprint density at radius 3 is 2.63 bits per heavy atom. The van der Waals surface area contributed by atoms with Gasteiger partial charge in [0.15, 0.2) is 0 Å². The average molecular weight is 248 g/mol. The third-order valence-corrected chi connectivity index (χ3v) is 3.60. The normalized spacial score (nSPS) is 17.4. The molecule has 0 bridgehead atoms. The molecule has 1 atom stereocenters. The van der Waals surface area contributed by atoms with E-state index in [1.54, 1.807) is 6.08 Å². The number of aliphatic hydroxyl groups excluding tert-OH is 1. The number of aliphatic hydroxyl groups is 1. The molecule has 0 aromatic heterocycles. The summed E-state index contributed by atoms with van der Waals surface area (Å²) >= 11 is 0. The van der Waals surface area contributed by atoms with Gasteiger partial charge in [-0.1, -0.05) is 42.5 Å². The molecule has 0 saturated carbocycles. The van der Waals surface area contributed by atoms with Crippen molar-refractivity contribution in [2.24, 2.45) is 0 Å². The van der Waals surface area contributed by atoms with Gasteiger partial charge in [0.2, 0.25) is 6.29 Å². The van der Waals surface area contributed by atoms with Crippen molar-refractivity contribution in [1.29, 1.82) is 0 Å². The summed E-state index contributed by atoms with van der Waals surface area (Å²) in [5, 5.41) is 14.3. The van der Waals surface area contributed by atoms with Gasteiger partial charge in [-0.15, -0.1) is 0 Å². The largest absolute Gasteiger partial charge is 0.461 e. The predicted molar refractivity (Wildman–Crippen MR) is 77.1 cm³/mol. The van der Waals surface area contributed by atoms with E-state index in [1.807, 2.05) is 18.2 Å². The van der Waals surface area contributed by atoms with Crippen LogP contribution < -0.4 is 4.74 Å². The van der Waals surface area contributed by atoms with E-state index < -0.39 is 6.29 Å². The zero-order chi connectivity index (χ0) is 12.8. The molecular weight excluding hydrogens is 236 g/mol. The molecule has 2 heteroatoms. The van der Waals surface area contributed by atoms with Gasteiger partial charge in [-0.2, -0.15) is 0 Å². The maximum absolute atomic E-state index is 9.49. The summed E-state index contributed by atoms with van der Waals surface area (Å²) in [5.41, 5.74) is 1.04. The highest BCUT2D eigenvalue weighted by atomic mass is 16.6. The number of hydrogen-bond donors (Lipinski definition) is 1. The summed E-state index contributed by atoms with van der Waals surface area (Å²) < 4.78 is 5.42. The Morgan fingerprint density at radius 2 is 1.68 bits per heavy atom. The molecule has 1 heterocycles. The fourth-order valence-corrected chi connectivity index (χ4v) is 2.71. The third-order valence-electron chi connectivity index (χ3n) is 3.60. The van der Waals surface area contributed by atoms with Crippen LogP contribution >= 0.6 is 0 Å². The zero-order valence-corrected chi connectivity index (χ0v) is 10.2. The number of hydrogen-bond acceptors (Lipinski definition) is 2. The molecule has 0 aliphatic carbocycles. The standard InChI is InChI=1S/C17H12O2/c18-17-10-8-15-14-6-5-11-3-1-2-4-12(11)13(14)7-9-16(15)19-17/h1-10,17-18H. The van der Waals surface area contributed by atoms with E-state index in [1.165, 1.54) is 16.2 Å². The maximum atomic E-state index is 9.49. The van der Waals surface area contributed by atoms with Gasteiger partial charge in [0.05, 0.1) is 0 Å². The van der Waals surface area contributed by atoms with Crippen LogP contribution in [0.4, 0.5) is 0 Å². The molecule has 3 aromatic carbocycles. The van der Waals surface area contributed by atoms with E-state index in [-0.39, 0.29) is 0 Å². The van der Waals surface area contributed by atoms with Gasteiger partial charge < -0.3 is 9.84 Å². The summed E-state index contributed by atoms with van der Waals surface area (Å²) in [6, 6.07) is 16.6. The lowest BCUT2D eigenvalue weighted by Crippen LogP contribution is -2.15. The van der Waals surface area contributed by atoms with Crippen molar-refractivity contribution in [2.75, 3.05) is 0 Å². The molecule has 92 valence electrons. The Kier molecular flexibility index (Phi) is 2.14. The lowest BCUT2D eigenvalue weighted by Gasteiger charge is -2.19.